The van der Waals surface area contributed by atoms with Gasteiger partial charge in [0, 0.05) is 30.0 Å². The summed E-state index contributed by atoms with van der Waals surface area (Å²) >= 11 is 1.50. The van der Waals surface area contributed by atoms with E-state index in [2.05, 4.69) is 28.1 Å². The molecule has 0 bridgehead atoms. The largest absolute Gasteiger partial charge is 0.469 e. The lowest BCUT2D eigenvalue weighted by atomic mass is 10.0. The quantitative estimate of drug-likeness (QED) is 0.364. The fraction of sp³-hybridized carbons (Fsp3) is 0.360. The van der Waals surface area contributed by atoms with Crippen molar-refractivity contribution in [2.75, 3.05) is 14.2 Å². The molecule has 0 amide bonds. The van der Waals surface area contributed by atoms with Crippen molar-refractivity contribution in [2.24, 2.45) is 0 Å². The number of hydrogen-bond acceptors (Lipinski definition) is 5. The minimum absolute atomic E-state index is 0.214. The van der Waals surface area contributed by atoms with Crippen molar-refractivity contribution in [1.29, 1.82) is 0 Å². The van der Waals surface area contributed by atoms with Gasteiger partial charge in [-0.2, -0.15) is 13.2 Å². The van der Waals surface area contributed by atoms with Crippen molar-refractivity contribution in [1.82, 2.24) is 9.88 Å². The van der Waals surface area contributed by atoms with Crippen LogP contribution >= 0.6 is 11.3 Å². The molecule has 0 aliphatic rings. The van der Waals surface area contributed by atoms with Gasteiger partial charge in [-0.05, 0) is 56.1 Å². The van der Waals surface area contributed by atoms with Crippen molar-refractivity contribution in [2.45, 2.75) is 46.0 Å². The van der Waals surface area contributed by atoms with E-state index in [9.17, 15) is 18.0 Å². The van der Waals surface area contributed by atoms with Crippen LogP contribution in [0.25, 0.3) is 10.6 Å². The molecule has 176 valence electrons. The van der Waals surface area contributed by atoms with Crippen LogP contribution in [0.5, 0.6) is 0 Å². The molecule has 0 fully saturated rings. The Morgan fingerprint density at radius 2 is 1.79 bits per heavy atom. The van der Waals surface area contributed by atoms with Gasteiger partial charge in [-0.25, -0.2) is 4.98 Å². The van der Waals surface area contributed by atoms with Gasteiger partial charge < -0.3 is 4.74 Å². The molecular weight excluding hydrogens is 449 g/mol. The van der Waals surface area contributed by atoms with Crippen LogP contribution in [0.3, 0.4) is 0 Å². The van der Waals surface area contributed by atoms with Crippen LogP contribution in [0, 0.1) is 13.8 Å². The summed E-state index contributed by atoms with van der Waals surface area (Å²) in [6.07, 6.45) is -3.33. The molecule has 1 heterocycles. The molecule has 0 aliphatic heterocycles. The lowest BCUT2D eigenvalue weighted by molar-refractivity contribution is -0.140. The number of aryl methyl sites for hydroxylation is 3. The van der Waals surface area contributed by atoms with Gasteiger partial charge >= 0.3 is 12.1 Å². The van der Waals surface area contributed by atoms with E-state index in [4.69, 9.17) is 4.74 Å². The monoisotopic (exact) mass is 476 g/mol. The number of aromatic nitrogens is 1. The number of carbonyl (C=O) groups is 1. The number of alkyl halides is 3. The molecule has 1 aromatic heterocycles. The standard InChI is InChI=1S/C25H27F3N2O2S/c1-16-13-18(5-6-19(16)9-12-23(31)32-4)14-30(3)15-22-17(2)29-24(33-22)20-7-10-21(11-8-20)25(26,27)28/h5-8,10-11,13H,9,12,14-15H2,1-4H3. The number of halogens is 3. The van der Waals surface area contributed by atoms with E-state index in [1.54, 1.807) is 0 Å². The SMILES string of the molecule is COC(=O)CCc1ccc(CN(C)Cc2sc(-c3ccc(C(F)(F)F)cc3)nc2C)cc1C. The second-order valence-electron chi connectivity index (χ2n) is 8.11. The van der Waals surface area contributed by atoms with Crippen molar-refractivity contribution in [3.8, 4) is 10.6 Å². The molecule has 0 saturated heterocycles. The smallest absolute Gasteiger partial charge is 0.416 e. The van der Waals surface area contributed by atoms with Gasteiger partial charge in [0.25, 0.3) is 0 Å². The van der Waals surface area contributed by atoms with Crippen molar-refractivity contribution in [3.05, 3.63) is 75.3 Å². The highest BCUT2D eigenvalue weighted by atomic mass is 32.1. The van der Waals surface area contributed by atoms with Crippen molar-refractivity contribution < 1.29 is 22.7 Å². The molecule has 0 atom stereocenters. The van der Waals surface area contributed by atoms with E-state index < -0.39 is 11.7 Å². The fourth-order valence-electron chi connectivity index (χ4n) is 3.59. The number of methoxy groups -OCH3 is 1. The first-order chi connectivity index (χ1) is 15.6. The number of hydrogen-bond donors (Lipinski definition) is 0. The van der Waals surface area contributed by atoms with Crippen LogP contribution in [0.4, 0.5) is 13.2 Å². The second-order valence-corrected chi connectivity index (χ2v) is 9.20. The lowest BCUT2D eigenvalue weighted by Crippen LogP contribution is -2.17. The number of carbonyl (C=O) groups excluding carboxylic acids is 1. The molecule has 8 heteroatoms. The molecule has 33 heavy (non-hydrogen) atoms. The predicted octanol–water partition coefficient (Wildman–Crippen LogP) is 6.18. The van der Waals surface area contributed by atoms with E-state index in [1.165, 1.54) is 36.1 Å². The van der Waals surface area contributed by atoms with E-state index in [1.807, 2.05) is 20.9 Å². The third-order valence-corrected chi connectivity index (χ3v) is 6.64. The molecule has 0 aliphatic carbocycles. The number of nitrogens with zero attached hydrogens (tertiary/aromatic N) is 2. The number of rotatable bonds is 8. The van der Waals surface area contributed by atoms with Crippen LogP contribution in [0.1, 0.15) is 39.2 Å². The summed E-state index contributed by atoms with van der Waals surface area (Å²) in [5.41, 5.74) is 4.35. The molecule has 0 N–H and O–H groups in total. The van der Waals surface area contributed by atoms with Crippen LogP contribution in [0.15, 0.2) is 42.5 Å². The van der Waals surface area contributed by atoms with Crippen molar-refractivity contribution >= 4 is 17.3 Å². The molecule has 0 radical (unpaired) electrons. The average molecular weight is 477 g/mol. The maximum atomic E-state index is 12.8. The maximum absolute atomic E-state index is 12.8. The third-order valence-electron chi connectivity index (χ3n) is 5.45. The molecule has 2 aromatic carbocycles. The Morgan fingerprint density at radius 3 is 2.39 bits per heavy atom. The van der Waals surface area contributed by atoms with Crippen molar-refractivity contribution in [3.63, 3.8) is 0 Å². The first-order valence-corrected chi connectivity index (χ1v) is 11.4. The molecule has 3 aromatic rings. The Morgan fingerprint density at radius 1 is 1.09 bits per heavy atom. The highest BCUT2D eigenvalue weighted by molar-refractivity contribution is 7.15. The normalized spacial score (nSPS) is 11.8. The Balaban J connectivity index is 1.64. The maximum Gasteiger partial charge on any atom is 0.416 e. The van der Waals surface area contributed by atoms with E-state index in [0.29, 0.717) is 24.9 Å². The fourth-order valence-corrected chi connectivity index (χ4v) is 4.74. The van der Waals surface area contributed by atoms with Gasteiger partial charge in [0.15, 0.2) is 0 Å². The average Bonchev–Trinajstić information content (AvgIpc) is 3.12. The van der Waals surface area contributed by atoms with Crippen LogP contribution in [0.2, 0.25) is 0 Å². The van der Waals surface area contributed by atoms with Gasteiger partial charge in [0.1, 0.15) is 5.01 Å². The minimum Gasteiger partial charge on any atom is -0.469 e. The van der Waals surface area contributed by atoms with E-state index >= 15 is 0 Å². The topological polar surface area (TPSA) is 42.4 Å². The molecular formula is C25H27F3N2O2S. The van der Waals surface area contributed by atoms with E-state index in [-0.39, 0.29) is 5.97 Å². The van der Waals surface area contributed by atoms with Gasteiger partial charge in [0.2, 0.25) is 0 Å². The van der Waals surface area contributed by atoms with Gasteiger partial charge in [0.05, 0.1) is 18.4 Å². The number of esters is 1. The summed E-state index contributed by atoms with van der Waals surface area (Å²) < 4.78 is 43.1. The van der Waals surface area contributed by atoms with Crippen LogP contribution < -0.4 is 0 Å². The first kappa shape index (κ1) is 24.9. The highest BCUT2D eigenvalue weighted by Crippen LogP contribution is 2.33. The minimum atomic E-state index is -4.34. The van der Waals surface area contributed by atoms with Gasteiger partial charge in [-0.3, -0.25) is 9.69 Å². The summed E-state index contributed by atoms with van der Waals surface area (Å²) in [6.45, 7) is 5.39. The summed E-state index contributed by atoms with van der Waals surface area (Å²) in [4.78, 5) is 19.2. The first-order valence-electron chi connectivity index (χ1n) is 10.5. The predicted molar refractivity (Wildman–Crippen MR) is 124 cm³/mol. The molecule has 0 saturated carbocycles. The van der Waals surface area contributed by atoms with E-state index in [0.717, 1.165) is 45.4 Å². The van der Waals surface area contributed by atoms with Crippen LogP contribution in [-0.2, 0) is 35.2 Å². The zero-order valence-corrected chi connectivity index (χ0v) is 19.9. The number of thiazole rings is 1. The molecule has 0 unspecified atom stereocenters. The second kappa shape index (κ2) is 10.5. The highest BCUT2D eigenvalue weighted by Gasteiger charge is 2.30. The van der Waals surface area contributed by atoms with Crippen LogP contribution in [-0.4, -0.2) is 30.0 Å². The zero-order valence-electron chi connectivity index (χ0n) is 19.1. The summed E-state index contributed by atoms with van der Waals surface area (Å²) in [7, 11) is 3.42. The molecule has 4 nitrogen and oxygen atoms in total. The molecule has 3 rings (SSSR count). The summed E-state index contributed by atoms with van der Waals surface area (Å²) in [6, 6.07) is 11.4. The lowest BCUT2D eigenvalue weighted by Gasteiger charge is -2.17. The number of benzene rings is 2. The van der Waals surface area contributed by atoms with Gasteiger partial charge in [-0.1, -0.05) is 30.3 Å². The third kappa shape index (κ3) is 6.65. The Hall–Kier alpha value is -2.71. The summed E-state index contributed by atoms with van der Waals surface area (Å²) in [5.74, 6) is -0.214. The van der Waals surface area contributed by atoms with Gasteiger partial charge in [-0.15, -0.1) is 11.3 Å². The Bertz CT molecular complexity index is 1110. The molecule has 0 spiro atoms. The Labute approximate surface area is 196 Å². The Kier molecular flexibility index (Phi) is 7.92. The zero-order chi connectivity index (χ0) is 24.2. The number of ether oxygens (including phenoxy) is 1. The summed E-state index contributed by atoms with van der Waals surface area (Å²) in [5, 5.41) is 0.718.